The summed E-state index contributed by atoms with van der Waals surface area (Å²) in [5.41, 5.74) is 0.679. The monoisotopic (exact) mass is 302 g/mol. The molecule has 1 N–H and O–H groups in total. The van der Waals surface area contributed by atoms with E-state index in [4.69, 9.17) is 15.1 Å². The molecule has 0 aromatic heterocycles. The van der Waals surface area contributed by atoms with Crippen LogP contribution in [0.15, 0.2) is 18.2 Å². The van der Waals surface area contributed by atoms with E-state index in [1.54, 1.807) is 0 Å². The molecule has 0 saturated heterocycles. The number of methoxy groups -OCH3 is 1. The zero-order chi connectivity index (χ0) is 16.0. The predicted molar refractivity (Wildman–Crippen MR) is 66.7 cm³/mol. The lowest BCUT2D eigenvalue weighted by Gasteiger charge is -2.22. The van der Waals surface area contributed by atoms with Gasteiger partial charge in [-0.1, -0.05) is 6.07 Å². The Balaban J connectivity index is 2.92. The summed E-state index contributed by atoms with van der Waals surface area (Å²) in [6.45, 7) is -2.28. The lowest BCUT2D eigenvalue weighted by Crippen LogP contribution is -2.37. The molecule has 0 amide bonds. The van der Waals surface area contributed by atoms with E-state index in [2.05, 4.69) is 0 Å². The molecular formula is C13H13F3N2O3. The van der Waals surface area contributed by atoms with Crippen LogP contribution in [0.2, 0.25) is 0 Å². The standard InChI is InChI=1S/C13H13F3N2O3/c1-21-11-4-9(2-3-10(11)5-17)6-18(7-12(19)20)8-13(14,15)16/h2-4H,6-8H2,1H3,(H,19,20). The van der Waals surface area contributed by atoms with Crippen LogP contribution in [0.5, 0.6) is 5.75 Å². The molecule has 0 atom stereocenters. The smallest absolute Gasteiger partial charge is 0.401 e. The Bertz CT molecular complexity index is 553. The van der Waals surface area contributed by atoms with E-state index in [0.29, 0.717) is 5.56 Å². The van der Waals surface area contributed by atoms with E-state index < -0.39 is 25.2 Å². The van der Waals surface area contributed by atoms with Crippen LogP contribution < -0.4 is 4.74 Å². The Morgan fingerprint density at radius 2 is 2.14 bits per heavy atom. The van der Waals surface area contributed by atoms with Crippen LogP contribution in [-0.2, 0) is 11.3 Å². The maximum Gasteiger partial charge on any atom is 0.401 e. The number of ether oxygens (including phenoxy) is 1. The van der Waals surface area contributed by atoms with Crippen LogP contribution in [0.25, 0.3) is 0 Å². The number of carboxylic acids is 1. The average Bonchev–Trinajstić information content (AvgIpc) is 2.35. The Labute approximate surface area is 119 Å². The molecule has 21 heavy (non-hydrogen) atoms. The van der Waals surface area contributed by atoms with Gasteiger partial charge in [-0.25, -0.2) is 0 Å². The fourth-order valence-corrected chi connectivity index (χ4v) is 1.80. The molecule has 0 aliphatic heterocycles. The van der Waals surface area contributed by atoms with Crippen molar-refractivity contribution in [3.63, 3.8) is 0 Å². The number of alkyl halides is 3. The Kier molecular flexibility index (Phi) is 5.55. The summed E-state index contributed by atoms with van der Waals surface area (Å²) in [6.07, 6.45) is -4.49. The first kappa shape index (κ1) is 16.8. The second kappa shape index (κ2) is 6.95. The first-order valence-corrected chi connectivity index (χ1v) is 5.83. The molecule has 0 bridgehead atoms. The van der Waals surface area contributed by atoms with Crippen molar-refractivity contribution in [3.8, 4) is 11.8 Å². The number of carbonyl (C=O) groups is 1. The summed E-state index contributed by atoms with van der Waals surface area (Å²) >= 11 is 0. The Morgan fingerprint density at radius 1 is 1.48 bits per heavy atom. The molecule has 0 aliphatic carbocycles. The van der Waals surface area contributed by atoms with Gasteiger partial charge in [0, 0.05) is 6.54 Å². The minimum Gasteiger partial charge on any atom is -0.495 e. The Hall–Kier alpha value is -2.27. The van der Waals surface area contributed by atoms with Gasteiger partial charge in [0.2, 0.25) is 0 Å². The molecule has 0 fully saturated rings. The molecule has 8 heteroatoms. The third-order valence-electron chi connectivity index (χ3n) is 2.55. The van der Waals surface area contributed by atoms with Crippen LogP contribution in [0.1, 0.15) is 11.1 Å². The van der Waals surface area contributed by atoms with E-state index in [-0.39, 0.29) is 17.9 Å². The fourth-order valence-electron chi connectivity index (χ4n) is 1.80. The predicted octanol–water partition coefficient (Wildman–Crippen LogP) is 2.02. The maximum absolute atomic E-state index is 12.4. The van der Waals surface area contributed by atoms with E-state index in [0.717, 1.165) is 4.90 Å². The lowest BCUT2D eigenvalue weighted by molar-refractivity contribution is -0.154. The van der Waals surface area contributed by atoms with Crippen LogP contribution in [0.4, 0.5) is 13.2 Å². The van der Waals surface area contributed by atoms with Crippen LogP contribution in [0.3, 0.4) is 0 Å². The molecule has 1 aromatic carbocycles. The molecule has 5 nitrogen and oxygen atoms in total. The van der Waals surface area contributed by atoms with Gasteiger partial charge in [0.1, 0.15) is 11.8 Å². The number of aliphatic carboxylic acids is 1. The third kappa shape index (κ3) is 5.71. The molecule has 1 aromatic rings. The summed E-state index contributed by atoms with van der Waals surface area (Å²) in [4.78, 5) is 11.4. The number of nitriles is 1. The summed E-state index contributed by atoms with van der Waals surface area (Å²) < 4.78 is 42.2. The zero-order valence-electron chi connectivity index (χ0n) is 11.1. The van der Waals surface area contributed by atoms with E-state index in [1.165, 1.54) is 25.3 Å². The molecule has 114 valence electrons. The van der Waals surface area contributed by atoms with Crippen molar-refractivity contribution >= 4 is 5.97 Å². The summed E-state index contributed by atoms with van der Waals surface area (Å²) in [5.74, 6) is -1.11. The van der Waals surface area contributed by atoms with Gasteiger partial charge in [-0.2, -0.15) is 18.4 Å². The highest BCUT2D eigenvalue weighted by Crippen LogP contribution is 2.22. The number of rotatable bonds is 6. The summed E-state index contributed by atoms with van der Waals surface area (Å²) in [7, 11) is 1.34. The van der Waals surface area contributed by atoms with Gasteiger partial charge in [0.25, 0.3) is 0 Å². The van der Waals surface area contributed by atoms with Gasteiger partial charge in [-0.15, -0.1) is 0 Å². The number of halogens is 3. The van der Waals surface area contributed by atoms with Crippen molar-refractivity contribution in [3.05, 3.63) is 29.3 Å². The van der Waals surface area contributed by atoms with Gasteiger partial charge in [-0.3, -0.25) is 9.69 Å². The number of hydrogen-bond acceptors (Lipinski definition) is 4. The molecule has 0 spiro atoms. The minimum atomic E-state index is -4.49. The van der Waals surface area contributed by atoms with Crippen LogP contribution >= 0.6 is 0 Å². The first-order chi connectivity index (χ1) is 9.75. The molecule has 0 saturated carbocycles. The number of carboxylic acid groups (broad SMARTS) is 1. The second-order valence-corrected chi connectivity index (χ2v) is 4.30. The van der Waals surface area contributed by atoms with Crippen LogP contribution in [0, 0.1) is 11.3 Å². The third-order valence-corrected chi connectivity index (χ3v) is 2.55. The molecule has 1 rings (SSSR count). The molecule has 0 aliphatic rings. The van der Waals surface area contributed by atoms with Crippen molar-refractivity contribution in [2.24, 2.45) is 0 Å². The lowest BCUT2D eigenvalue weighted by atomic mass is 10.1. The van der Waals surface area contributed by atoms with Crippen molar-refractivity contribution in [1.29, 1.82) is 5.26 Å². The SMILES string of the molecule is COc1cc(CN(CC(=O)O)CC(F)(F)F)ccc1C#N. The Morgan fingerprint density at radius 3 is 2.62 bits per heavy atom. The van der Waals surface area contributed by atoms with Gasteiger partial charge in [0.15, 0.2) is 0 Å². The number of hydrogen-bond donors (Lipinski definition) is 1. The highest BCUT2D eigenvalue weighted by atomic mass is 19.4. The van der Waals surface area contributed by atoms with Gasteiger partial charge >= 0.3 is 12.1 Å². The van der Waals surface area contributed by atoms with Gasteiger partial charge < -0.3 is 9.84 Å². The van der Waals surface area contributed by atoms with Gasteiger partial charge in [-0.05, 0) is 17.7 Å². The fraction of sp³-hybridized carbons (Fsp3) is 0.385. The highest BCUT2D eigenvalue weighted by Gasteiger charge is 2.31. The van der Waals surface area contributed by atoms with Crippen molar-refractivity contribution in [2.75, 3.05) is 20.2 Å². The second-order valence-electron chi connectivity index (χ2n) is 4.30. The van der Waals surface area contributed by atoms with Crippen molar-refractivity contribution < 1.29 is 27.8 Å². The quantitative estimate of drug-likeness (QED) is 0.870. The molecular weight excluding hydrogens is 289 g/mol. The maximum atomic E-state index is 12.4. The summed E-state index contributed by atoms with van der Waals surface area (Å²) in [6, 6.07) is 6.19. The minimum absolute atomic E-state index is 0.214. The van der Waals surface area contributed by atoms with Crippen LogP contribution in [-0.4, -0.2) is 42.4 Å². The highest BCUT2D eigenvalue weighted by molar-refractivity contribution is 5.69. The summed E-state index contributed by atoms with van der Waals surface area (Å²) in [5, 5.41) is 17.5. The molecule has 0 unspecified atom stereocenters. The van der Waals surface area contributed by atoms with Crippen molar-refractivity contribution in [1.82, 2.24) is 4.90 Å². The van der Waals surface area contributed by atoms with E-state index in [9.17, 15) is 18.0 Å². The normalized spacial score (nSPS) is 11.2. The topological polar surface area (TPSA) is 73.6 Å². The largest absolute Gasteiger partial charge is 0.495 e. The number of nitrogens with zero attached hydrogens (tertiary/aromatic N) is 2. The van der Waals surface area contributed by atoms with Gasteiger partial charge in [0.05, 0.1) is 25.8 Å². The molecule has 0 heterocycles. The number of benzene rings is 1. The van der Waals surface area contributed by atoms with E-state index >= 15 is 0 Å². The van der Waals surface area contributed by atoms with E-state index in [1.807, 2.05) is 6.07 Å². The first-order valence-electron chi connectivity index (χ1n) is 5.83. The molecule has 0 radical (unpaired) electrons. The van der Waals surface area contributed by atoms with Crippen molar-refractivity contribution in [2.45, 2.75) is 12.7 Å². The average molecular weight is 302 g/mol. The zero-order valence-corrected chi connectivity index (χ0v) is 11.1.